The molecule has 6 aromatic carbocycles. The van der Waals surface area contributed by atoms with Gasteiger partial charge in [-0.05, 0) is 171 Å². The van der Waals surface area contributed by atoms with Gasteiger partial charge >= 0.3 is 0 Å². The zero-order chi connectivity index (χ0) is 76.6. The number of aromatic nitrogens is 6. The maximum Gasteiger partial charge on any atom is 0.251 e. The number of carbonyl (C=O) groups is 5. The summed E-state index contributed by atoms with van der Waals surface area (Å²) in [6.45, 7) is 17.8. The molecule has 0 spiro atoms. The molecule has 14 rings (SSSR count). The minimum absolute atomic E-state index is 0.177. The van der Waals surface area contributed by atoms with Gasteiger partial charge in [0.1, 0.15) is 17.4 Å². The number of likely N-dealkylation sites (tertiary alicyclic amines) is 2. The molecule has 10 aromatic rings. The molecule has 4 aromatic heterocycles. The molecule has 7 N–H and O–H groups in total. The Bertz CT molecular complexity index is 4940. The van der Waals surface area contributed by atoms with Crippen molar-refractivity contribution in [3.8, 4) is 22.3 Å². The first-order valence-electron chi connectivity index (χ1n) is 38.7. The Morgan fingerprint density at radius 1 is 0.473 bits per heavy atom. The van der Waals surface area contributed by atoms with Crippen LogP contribution in [0.15, 0.2) is 146 Å². The smallest absolute Gasteiger partial charge is 0.251 e. The van der Waals surface area contributed by atoms with E-state index in [4.69, 9.17) is 19.4 Å². The number of hydrogen-bond acceptors (Lipinski definition) is 16. The second kappa shape index (κ2) is 36.7. The van der Waals surface area contributed by atoms with E-state index in [1.807, 2.05) is 84.1 Å². The SMILES string of the molecule is CCc1nc2c(cnn2CC)c(NC2CCOCC2)c1CNC(=O)c1cccc(C(=O)NCc2ccc(F)c(-c3cccc(CN4CCC(=O)CC4)c3)c2)c1.CCc1nc2c(cnn2CC)c(NC2CCOCC2)c1CNC(=O)c1cccc(C(=O)NCc2ccc(F)c(-c3cccc(CN4CCC(O)CC4)c3)c2)c1. The van der Waals surface area contributed by atoms with E-state index in [0.717, 1.165) is 161 Å². The zero-order valence-electron chi connectivity index (χ0n) is 63.1. The van der Waals surface area contributed by atoms with Crippen LogP contribution in [-0.4, -0.2) is 145 Å². The van der Waals surface area contributed by atoms with Crippen LogP contribution in [-0.2, 0) is 79.5 Å². The largest absolute Gasteiger partial charge is 0.393 e. The second-order valence-corrected chi connectivity index (χ2v) is 28.7. The lowest BCUT2D eigenvalue weighted by atomic mass is 9.99. The predicted octanol–water partition coefficient (Wildman–Crippen LogP) is 12.7. The maximum absolute atomic E-state index is 15.1. The molecule has 0 aliphatic carbocycles. The number of aliphatic hydroxyl groups is 1. The highest BCUT2D eigenvalue weighted by molar-refractivity contribution is 6.01. The number of ketones is 1. The number of Topliss-reactive ketones (excluding diaryl/α,β-unsaturated/α-hetero) is 1. The fraction of sp³-hybridized carbons (Fsp3) is 0.384. The number of fused-ring (bicyclic) bond motifs is 2. The van der Waals surface area contributed by atoms with E-state index in [9.17, 15) is 29.1 Å². The first kappa shape index (κ1) is 77.5. The maximum atomic E-state index is 15.1. The molecule has 0 unspecified atom stereocenters. The van der Waals surface area contributed by atoms with Crippen LogP contribution in [0, 0.1) is 11.6 Å². The third-order valence-electron chi connectivity index (χ3n) is 21.2. The van der Waals surface area contributed by atoms with E-state index in [-0.39, 0.29) is 79.6 Å². The lowest BCUT2D eigenvalue weighted by Gasteiger charge is -2.29. The number of pyridine rings is 2. The predicted molar refractivity (Wildman–Crippen MR) is 421 cm³/mol. The summed E-state index contributed by atoms with van der Waals surface area (Å²) in [4.78, 5) is 80.0. The molecule has 0 atom stereocenters. The van der Waals surface area contributed by atoms with Crippen LogP contribution < -0.4 is 31.9 Å². The van der Waals surface area contributed by atoms with Crippen molar-refractivity contribution in [2.24, 2.45) is 0 Å². The van der Waals surface area contributed by atoms with E-state index in [1.165, 1.54) is 12.1 Å². The molecule has 4 fully saturated rings. The van der Waals surface area contributed by atoms with Crippen LogP contribution in [0.4, 0.5) is 20.2 Å². The molecule has 4 saturated heterocycles. The van der Waals surface area contributed by atoms with E-state index in [0.29, 0.717) is 111 Å². The minimum atomic E-state index is -0.348. The molecule has 110 heavy (non-hydrogen) atoms. The van der Waals surface area contributed by atoms with Gasteiger partial charge in [-0.3, -0.25) is 33.8 Å². The molecule has 4 aliphatic heterocycles. The Labute approximate surface area is 640 Å². The van der Waals surface area contributed by atoms with Crippen LogP contribution >= 0.6 is 0 Å². The third-order valence-corrected chi connectivity index (χ3v) is 21.2. The van der Waals surface area contributed by atoms with Gasteiger partial charge in [-0.2, -0.15) is 10.2 Å². The van der Waals surface area contributed by atoms with Crippen LogP contribution in [0.3, 0.4) is 0 Å². The first-order valence-corrected chi connectivity index (χ1v) is 38.7. The van der Waals surface area contributed by atoms with Crippen molar-refractivity contribution in [2.75, 3.05) is 63.2 Å². The number of nitrogens with zero attached hydrogens (tertiary/aromatic N) is 8. The number of halogens is 2. The molecule has 0 radical (unpaired) electrons. The Hall–Kier alpha value is -10.6. The van der Waals surface area contributed by atoms with E-state index >= 15 is 8.78 Å². The lowest BCUT2D eigenvalue weighted by Crippen LogP contribution is -2.35. The van der Waals surface area contributed by atoms with Crippen molar-refractivity contribution >= 4 is 62.9 Å². The third kappa shape index (κ3) is 19.1. The van der Waals surface area contributed by atoms with Gasteiger partial charge in [0, 0.05) is 186 Å². The van der Waals surface area contributed by atoms with E-state index in [1.54, 1.807) is 72.8 Å². The molecule has 574 valence electrons. The number of benzene rings is 6. The van der Waals surface area contributed by atoms with Gasteiger partial charge in [0.05, 0.1) is 40.6 Å². The number of anilines is 2. The fourth-order valence-electron chi connectivity index (χ4n) is 15.0. The number of rotatable bonds is 26. The van der Waals surface area contributed by atoms with Gasteiger partial charge in [-0.1, -0.05) is 74.5 Å². The summed E-state index contributed by atoms with van der Waals surface area (Å²) in [6.07, 6.45) is 11.0. The van der Waals surface area contributed by atoms with Crippen LogP contribution in [0.2, 0.25) is 0 Å². The Balaban J connectivity index is 0.000000193. The number of amides is 4. The average Bonchev–Trinajstić information content (AvgIpc) is 1.57. The molecule has 4 aliphatic rings. The van der Waals surface area contributed by atoms with Crippen LogP contribution in [0.25, 0.3) is 44.3 Å². The number of aliphatic hydroxyl groups excluding tert-OH is 1. The summed E-state index contributed by atoms with van der Waals surface area (Å²) in [5.74, 6) is -1.69. The van der Waals surface area contributed by atoms with Gasteiger partial charge in [0.25, 0.3) is 23.6 Å². The molecular weight excluding hydrogens is 1400 g/mol. The molecule has 24 heteroatoms. The number of aryl methyl sites for hydroxylation is 4. The molecule has 8 heterocycles. The highest BCUT2D eigenvalue weighted by Crippen LogP contribution is 2.35. The lowest BCUT2D eigenvalue weighted by molar-refractivity contribution is -0.121. The van der Waals surface area contributed by atoms with Gasteiger partial charge in [-0.25, -0.2) is 28.1 Å². The van der Waals surface area contributed by atoms with Gasteiger partial charge in [-0.15, -0.1) is 0 Å². The highest BCUT2D eigenvalue weighted by atomic mass is 19.1. The summed E-state index contributed by atoms with van der Waals surface area (Å²) >= 11 is 0. The summed E-state index contributed by atoms with van der Waals surface area (Å²) in [5.41, 5.74) is 14.6. The van der Waals surface area contributed by atoms with Crippen molar-refractivity contribution in [2.45, 2.75) is 162 Å². The molecule has 22 nitrogen and oxygen atoms in total. The van der Waals surface area contributed by atoms with Crippen molar-refractivity contribution in [3.05, 3.63) is 225 Å². The van der Waals surface area contributed by atoms with Crippen LogP contribution in [0.1, 0.15) is 165 Å². The van der Waals surface area contributed by atoms with Gasteiger partial charge in [0.15, 0.2) is 11.3 Å². The monoisotopic (exact) mass is 1490 g/mol. The van der Waals surface area contributed by atoms with Crippen molar-refractivity contribution in [1.82, 2.24) is 60.6 Å². The quantitative estimate of drug-likeness (QED) is 0.0266. The van der Waals surface area contributed by atoms with Crippen molar-refractivity contribution < 1.29 is 47.3 Å². The molecule has 4 amide bonds. The summed E-state index contributed by atoms with van der Waals surface area (Å²) in [7, 11) is 0. The van der Waals surface area contributed by atoms with Crippen LogP contribution in [0.5, 0.6) is 0 Å². The summed E-state index contributed by atoms with van der Waals surface area (Å²) < 4.78 is 45.2. The molecular formula is C86H98F2N14O8. The van der Waals surface area contributed by atoms with Crippen molar-refractivity contribution in [1.29, 1.82) is 0 Å². The number of nitrogens with one attached hydrogen (secondary N) is 6. The van der Waals surface area contributed by atoms with Gasteiger partial charge < -0.3 is 46.5 Å². The van der Waals surface area contributed by atoms with Crippen molar-refractivity contribution in [3.63, 3.8) is 0 Å². The minimum Gasteiger partial charge on any atom is -0.393 e. The summed E-state index contributed by atoms with van der Waals surface area (Å²) in [6, 6.07) is 39.1. The Morgan fingerprint density at radius 3 is 1.26 bits per heavy atom. The van der Waals surface area contributed by atoms with E-state index < -0.39 is 0 Å². The fourth-order valence-corrected chi connectivity index (χ4v) is 15.0. The summed E-state index contributed by atoms with van der Waals surface area (Å²) in [5, 5.41) is 40.4. The zero-order valence-corrected chi connectivity index (χ0v) is 63.1. The highest BCUT2D eigenvalue weighted by Gasteiger charge is 2.27. The Kier molecular flexibility index (Phi) is 25.9. The topological polar surface area (TPSA) is 264 Å². The number of hydrogen-bond donors (Lipinski definition) is 7. The van der Waals surface area contributed by atoms with Gasteiger partial charge in [0.2, 0.25) is 0 Å². The number of piperidine rings is 2. The number of carbonyl (C=O) groups excluding carboxylic acids is 5. The van der Waals surface area contributed by atoms with E-state index in [2.05, 4.69) is 65.7 Å². The first-order chi connectivity index (χ1) is 53.6. The normalized spacial score (nSPS) is 15.5. The molecule has 0 saturated carbocycles. The standard InChI is InChI=1S/C43H50FN7O4.C43H48FN7O4/c2*1-3-39-36(40(48-33-15-19-55-20-16-33)37-26-47-51(4-2)41(37)49-39)25-46-43(54)32-10-6-9-31(23-32)42(53)45-24-28-11-12-38(44)35(22-28)30-8-5-7-29(21-30)27-50-17-13-34(52)14-18-50/h5-12,21-23,26,33-34,52H,3-4,13-20,24-25,27H2,1-2H3,(H,45,53)(H,46,54)(H,48,49);5-12,21-23,26,33H,3-4,13-20,24-25,27H2,1-2H3,(H,45,53)(H,46,54)(H,48,49). The Morgan fingerprint density at radius 2 is 0.864 bits per heavy atom. The number of ether oxygens (including phenoxy) is 2. The molecule has 0 bridgehead atoms. The average molecular weight is 1490 g/mol. The second-order valence-electron chi connectivity index (χ2n) is 28.7.